The topological polar surface area (TPSA) is 41.6 Å². The average Bonchev–Trinajstić information content (AvgIpc) is 2.60. The molecule has 3 aliphatic heterocycles. The van der Waals surface area contributed by atoms with E-state index in [1.54, 1.807) is 6.92 Å². The van der Waals surface area contributed by atoms with Crippen LogP contribution in [0.2, 0.25) is 0 Å². The maximum absolute atomic E-state index is 11.0. The van der Waals surface area contributed by atoms with Gasteiger partial charge >= 0.3 is 0 Å². The number of carbonyl (C=O) groups is 1. The molecule has 72 valence electrons. The number of hydrogen-bond donors (Lipinski definition) is 1. The van der Waals surface area contributed by atoms with Crippen LogP contribution in [0.5, 0.6) is 0 Å². The maximum Gasteiger partial charge on any atom is 0.217 e. The molecule has 13 heavy (non-hydrogen) atoms. The third-order valence-electron chi connectivity index (χ3n) is 3.41. The van der Waals surface area contributed by atoms with Gasteiger partial charge < -0.3 is 10.1 Å². The number of nitrogens with one attached hydrogen (secondary N) is 1. The zero-order chi connectivity index (χ0) is 9.00. The first-order valence-corrected chi connectivity index (χ1v) is 4.92. The van der Waals surface area contributed by atoms with Crippen LogP contribution in [0.25, 0.3) is 0 Å². The summed E-state index contributed by atoms with van der Waals surface area (Å²) < 4.78 is 5.81. The highest BCUT2D eigenvalue weighted by molar-refractivity contribution is 5.73. The molecule has 3 rings (SSSR count). The zero-order valence-corrected chi connectivity index (χ0v) is 7.69. The van der Waals surface area contributed by atoms with Gasteiger partial charge in [0.15, 0.2) is 0 Å². The summed E-state index contributed by atoms with van der Waals surface area (Å²) in [5, 5.41) is 3.00. The molecule has 1 amide bonds. The van der Waals surface area contributed by atoms with E-state index in [0.717, 1.165) is 19.5 Å². The van der Waals surface area contributed by atoms with Crippen molar-refractivity contribution >= 4 is 5.91 Å². The molecule has 4 atom stereocenters. The van der Waals surface area contributed by atoms with Crippen molar-refractivity contribution in [1.29, 1.82) is 0 Å². The molecule has 0 aromatic rings. The standard InChI is InChI=1S/C9H14N2O2/c1-5(12)10-8-7-4-11-3-2-6(13-7)9(8)11/h6-9H,2-4H2,1H3,(H,10,12)/t6-,7-,8-,9+/m0/s1. The molecule has 4 nitrogen and oxygen atoms in total. The molecular formula is C9H14N2O2. The monoisotopic (exact) mass is 182 g/mol. The lowest BCUT2D eigenvalue weighted by Gasteiger charge is -2.21. The van der Waals surface area contributed by atoms with Gasteiger partial charge in [-0.1, -0.05) is 0 Å². The van der Waals surface area contributed by atoms with Gasteiger partial charge in [-0.3, -0.25) is 9.69 Å². The number of rotatable bonds is 1. The van der Waals surface area contributed by atoms with E-state index >= 15 is 0 Å². The zero-order valence-electron chi connectivity index (χ0n) is 7.69. The number of morpholine rings is 1. The number of nitrogens with zero attached hydrogens (tertiary/aromatic N) is 1. The molecule has 0 unspecified atom stereocenters. The molecule has 1 N–H and O–H groups in total. The largest absolute Gasteiger partial charge is 0.370 e. The number of carbonyl (C=O) groups excluding carboxylic acids is 1. The van der Waals surface area contributed by atoms with Crippen molar-refractivity contribution in [3.05, 3.63) is 0 Å². The van der Waals surface area contributed by atoms with Gasteiger partial charge in [-0.05, 0) is 6.42 Å². The van der Waals surface area contributed by atoms with Gasteiger partial charge in [-0.2, -0.15) is 0 Å². The minimum absolute atomic E-state index is 0.0630. The molecule has 3 fully saturated rings. The molecular weight excluding hydrogens is 168 g/mol. The molecule has 3 aliphatic rings. The summed E-state index contributed by atoms with van der Waals surface area (Å²) in [7, 11) is 0. The highest BCUT2D eigenvalue weighted by Crippen LogP contribution is 2.39. The molecule has 0 aromatic carbocycles. The van der Waals surface area contributed by atoms with E-state index < -0.39 is 0 Å². The fourth-order valence-electron chi connectivity index (χ4n) is 3.00. The van der Waals surface area contributed by atoms with Crippen LogP contribution in [0, 0.1) is 0 Å². The Morgan fingerprint density at radius 2 is 2.38 bits per heavy atom. The molecule has 0 saturated carbocycles. The normalized spacial score (nSPS) is 47.2. The van der Waals surface area contributed by atoms with Gasteiger partial charge in [0.2, 0.25) is 5.91 Å². The number of amides is 1. The van der Waals surface area contributed by atoms with Crippen molar-refractivity contribution in [2.75, 3.05) is 13.1 Å². The Bertz CT molecular complexity index is 242. The highest BCUT2D eigenvalue weighted by Gasteiger charge is 2.57. The van der Waals surface area contributed by atoms with Crippen molar-refractivity contribution in [2.45, 2.75) is 37.6 Å². The van der Waals surface area contributed by atoms with Crippen LogP contribution < -0.4 is 5.32 Å². The minimum Gasteiger partial charge on any atom is -0.370 e. The van der Waals surface area contributed by atoms with Crippen LogP contribution in [0.15, 0.2) is 0 Å². The van der Waals surface area contributed by atoms with E-state index in [1.807, 2.05) is 0 Å². The van der Waals surface area contributed by atoms with Gasteiger partial charge in [-0.25, -0.2) is 0 Å². The van der Waals surface area contributed by atoms with Gasteiger partial charge in [0.1, 0.15) is 0 Å². The predicted octanol–water partition coefficient (Wildman–Crippen LogP) is -0.654. The minimum atomic E-state index is 0.0630. The molecule has 0 aliphatic carbocycles. The Labute approximate surface area is 77.2 Å². The lowest BCUT2D eigenvalue weighted by Crippen LogP contribution is -2.44. The summed E-state index contributed by atoms with van der Waals surface area (Å²) in [6.07, 6.45) is 1.77. The lowest BCUT2D eigenvalue weighted by atomic mass is 10.1. The van der Waals surface area contributed by atoms with Crippen molar-refractivity contribution in [3.8, 4) is 0 Å². The van der Waals surface area contributed by atoms with Crippen molar-refractivity contribution in [1.82, 2.24) is 10.2 Å². The van der Waals surface area contributed by atoms with Gasteiger partial charge in [-0.15, -0.1) is 0 Å². The van der Waals surface area contributed by atoms with E-state index in [0.29, 0.717) is 12.1 Å². The van der Waals surface area contributed by atoms with Crippen LogP contribution in [0.4, 0.5) is 0 Å². The summed E-state index contributed by atoms with van der Waals surface area (Å²) in [5.41, 5.74) is 0. The first-order chi connectivity index (χ1) is 6.25. The maximum atomic E-state index is 11.0. The van der Waals surface area contributed by atoms with Gasteiger partial charge in [0.25, 0.3) is 0 Å². The molecule has 0 spiro atoms. The van der Waals surface area contributed by atoms with E-state index in [4.69, 9.17) is 4.74 Å². The molecule has 0 aromatic heterocycles. The Hall–Kier alpha value is -0.610. The van der Waals surface area contributed by atoms with Crippen LogP contribution in [0.3, 0.4) is 0 Å². The second kappa shape index (κ2) is 2.45. The first kappa shape index (κ1) is 7.76. The lowest BCUT2D eigenvalue weighted by molar-refractivity contribution is -0.119. The van der Waals surface area contributed by atoms with E-state index in [-0.39, 0.29) is 18.1 Å². The van der Waals surface area contributed by atoms with Crippen LogP contribution in [-0.4, -0.2) is 48.2 Å². The molecule has 3 saturated heterocycles. The SMILES string of the molecule is CC(=O)N[C@@H]1[C@H]2[C@@H]3CCN2C[C@@H]1O3. The number of fused-ring (bicyclic) bond motifs is 1. The van der Waals surface area contributed by atoms with E-state index in [1.165, 1.54) is 0 Å². The van der Waals surface area contributed by atoms with Crippen LogP contribution >= 0.6 is 0 Å². The third kappa shape index (κ3) is 0.957. The molecule has 4 heteroatoms. The van der Waals surface area contributed by atoms with Gasteiger partial charge in [0, 0.05) is 20.0 Å². The summed E-state index contributed by atoms with van der Waals surface area (Å²) in [4.78, 5) is 13.4. The Kier molecular flexibility index (Phi) is 1.46. The van der Waals surface area contributed by atoms with Crippen molar-refractivity contribution in [3.63, 3.8) is 0 Å². The van der Waals surface area contributed by atoms with Crippen molar-refractivity contribution < 1.29 is 9.53 Å². The Balaban J connectivity index is 1.81. The molecule has 3 heterocycles. The van der Waals surface area contributed by atoms with Crippen LogP contribution in [0.1, 0.15) is 13.3 Å². The Morgan fingerprint density at radius 1 is 1.54 bits per heavy atom. The fraction of sp³-hybridized carbons (Fsp3) is 0.889. The summed E-state index contributed by atoms with van der Waals surface area (Å²) in [6.45, 7) is 3.73. The summed E-state index contributed by atoms with van der Waals surface area (Å²) in [6, 6.07) is 0.721. The predicted molar refractivity (Wildman–Crippen MR) is 46.2 cm³/mol. The van der Waals surface area contributed by atoms with Crippen molar-refractivity contribution in [2.24, 2.45) is 0 Å². The first-order valence-electron chi connectivity index (χ1n) is 4.92. The molecule has 2 bridgehead atoms. The number of hydrogen-bond acceptors (Lipinski definition) is 3. The fourth-order valence-corrected chi connectivity index (χ4v) is 3.00. The summed E-state index contributed by atoms with van der Waals surface area (Å²) in [5.74, 6) is 0.0630. The smallest absolute Gasteiger partial charge is 0.217 e. The summed E-state index contributed by atoms with van der Waals surface area (Å²) >= 11 is 0. The molecule has 0 radical (unpaired) electrons. The highest BCUT2D eigenvalue weighted by atomic mass is 16.5. The average molecular weight is 182 g/mol. The Morgan fingerprint density at radius 3 is 3.08 bits per heavy atom. The quantitative estimate of drug-likeness (QED) is 0.585. The van der Waals surface area contributed by atoms with E-state index in [2.05, 4.69) is 10.2 Å². The second-order valence-corrected chi connectivity index (χ2v) is 4.21. The van der Waals surface area contributed by atoms with E-state index in [9.17, 15) is 4.79 Å². The third-order valence-corrected chi connectivity index (χ3v) is 3.41. The number of ether oxygens (including phenoxy) is 1. The van der Waals surface area contributed by atoms with Crippen LogP contribution in [-0.2, 0) is 9.53 Å². The second-order valence-electron chi connectivity index (χ2n) is 4.21. The van der Waals surface area contributed by atoms with Gasteiger partial charge in [0.05, 0.1) is 24.3 Å².